The Labute approximate surface area is 174 Å². The summed E-state index contributed by atoms with van der Waals surface area (Å²) >= 11 is 11.9. The van der Waals surface area contributed by atoms with Crippen LogP contribution in [0, 0.1) is 0 Å². The number of rotatable bonds is 8. The normalized spacial score (nSPS) is 10.8. The molecule has 0 radical (unpaired) electrons. The van der Waals surface area contributed by atoms with Crippen molar-refractivity contribution in [3.63, 3.8) is 0 Å². The van der Waals surface area contributed by atoms with Crippen molar-refractivity contribution < 1.29 is 9.47 Å². The average molecular weight is 415 g/mol. The molecule has 0 aliphatic heterocycles. The van der Waals surface area contributed by atoms with Crippen LogP contribution in [0.2, 0.25) is 10.0 Å². The standard InChI is InChI=1S/C22H20Cl2N2O2/c1-27-22-5-3-2-4-18(22)14-26-25-13-16-6-9-19(10-7-16)28-15-17-8-11-20(23)21(24)12-17/h2-13,26H,14-15H2,1H3/b25-13+. The van der Waals surface area contributed by atoms with Gasteiger partial charge in [-0.2, -0.15) is 5.10 Å². The van der Waals surface area contributed by atoms with Crippen molar-refractivity contribution in [2.75, 3.05) is 7.11 Å². The van der Waals surface area contributed by atoms with Gasteiger partial charge < -0.3 is 14.9 Å². The maximum absolute atomic E-state index is 6.02. The first-order valence-electron chi connectivity index (χ1n) is 8.70. The van der Waals surface area contributed by atoms with Gasteiger partial charge in [0, 0.05) is 5.56 Å². The van der Waals surface area contributed by atoms with E-state index in [-0.39, 0.29) is 0 Å². The third-order valence-corrected chi connectivity index (χ3v) is 4.78. The van der Waals surface area contributed by atoms with Crippen LogP contribution in [0.25, 0.3) is 0 Å². The molecular formula is C22H20Cl2N2O2. The highest BCUT2D eigenvalue weighted by Gasteiger charge is 2.02. The number of nitrogens with zero attached hydrogens (tertiary/aromatic N) is 1. The number of halogens is 2. The SMILES string of the molecule is COc1ccccc1CN/N=C/c1ccc(OCc2ccc(Cl)c(Cl)c2)cc1. The Hall–Kier alpha value is -2.69. The number of methoxy groups -OCH3 is 1. The second kappa shape index (κ2) is 10.0. The summed E-state index contributed by atoms with van der Waals surface area (Å²) in [5, 5.41) is 5.31. The minimum atomic E-state index is 0.421. The van der Waals surface area contributed by atoms with Crippen molar-refractivity contribution >= 4 is 29.4 Å². The summed E-state index contributed by atoms with van der Waals surface area (Å²) in [5.41, 5.74) is 6.01. The van der Waals surface area contributed by atoms with Crippen LogP contribution in [0.1, 0.15) is 16.7 Å². The van der Waals surface area contributed by atoms with Gasteiger partial charge in [0.25, 0.3) is 0 Å². The fourth-order valence-electron chi connectivity index (χ4n) is 2.55. The molecule has 4 nitrogen and oxygen atoms in total. The number of para-hydroxylation sites is 1. The van der Waals surface area contributed by atoms with Gasteiger partial charge >= 0.3 is 0 Å². The van der Waals surface area contributed by atoms with Gasteiger partial charge in [-0.15, -0.1) is 0 Å². The van der Waals surface area contributed by atoms with Crippen molar-refractivity contribution in [1.82, 2.24) is 5.43 Å². The van der Waals surface area contributed by atoms with E-state index in [2.05, 4.69) is 10.5 Å². The number of benzene rings is 3. The smallest absolute Gasteiger partial charge is 0.123 e. The van der Waals surface area contributed by atoms with Gasteiger partial charge in [-0.05, 0) is 53.6 Å². The van der Waals surface area contributed by atoms with Gasteiger partial charge in [0.05, 0.1) is 29.9 Å². The van der Waals surface area contributed by atoms with Crippen LogP contribution in [0.3, 0.4) is 0 Å². The predicted octanol–water partition coefficient (Wildman–Crippen LogP) is 5.70. The van der Waals surface area contributed by atoms with Gasteiger partial charge in [0.1, 0.15) is 18.1 Å². The van der Waals surface area contributed by atoms with Crippen molar-refractivity contribution in [3.8, 4) is 11.5 Å². The molecule has 1 N–H and O–H groups in total. The fourth-order valence-corrected chi connectivity index (χ4v) is 2.87. The summed E-state index contributed by atoms with van der Waals surface area (Å²) in [6.45, 7) is 1.01. The van der Waals surface area contributed by atoms with Crippen molar-refractivity contribution in [3.05, 3.63) is 93.5 Å². The highest BCUT2D eigenvalue weighted by atomic mass is 35.5. The molecule has 0 atom stereocenters. The van der Waals surface area contributed by atoms with Crippen LogP contribution >= 0.6 is 23.2 Å². The van der Waals surface area contributed by atoms with Gasteiger partial charge in [-0.25, -0.2) is 0 Å². The summed E-state index contributed by atoms with van der Waals surface area (Å²) in [4.78, 5) is 0. The predicted molar refractivity (Wildman–Crippen MR) is 115 cm³/mol. The topological polar surface area (TPSA) is 42.8 Å². The molecule has 0 aliphatic carbocycles. The Kier molecular flexibility index (Phi) is 7.18. The molecule has 3 rings (SSSR count). The van der Waals surface area contributed by atoms with Crippen LogP contribution in [0.4, 0.5) is 0 Å². The van der Waals surface area contributed by atoms with E-state index < -0.39 is 0 Å². The Balaban J connectivity index is 1.49. The van der Waals surface area contributed by atoms with Crippen LogP contribution in [-0.2, 0) is 13.2 Å². The molecule has 6 heteroatoms. The third kappa shape index (κ3) is 5.65. The highest BCUT2D eigenvalue weighted by molar-refractivity contribution is 6.42. The first kappa shape index (κ1) is 20.1. The Bertz CT molecular complexity index is 944. The second-order valence-electron chi connectivity index (χ2n) is 6.01. The monoisotopic (exact) mass is 414 g/mol. The van der Waals surface area contributed by atoms with Crippen molar-refractivity contribution in [2.24, 2.45) is 5.10 Å². The third-order valence-electron chi connectivity index (χ3n) is 4.04. The Morgan fingerprint density at radius 1 is 0.964 bits per heavy atom. The summed E-state index contributed by atoms with van der Waals surface area (Å²) < 4.78 is 11.1. The first-order chi connectivity index (χ1) is 13.7. The van der Waals surface area contributed by atoms with E-state index in [9.17, 15) is 0 Å². The lowest BCUT2D eigenvalue weighted by molar-refractivity contribution is 0.306. The molecule has 28 heavy (non-hydrogen) atoms. The lowest BCUT2D eigenvalue weighted by Crippen LogP contribution is -2.06. The van der Waals surface area contributed by atoms with Gasteiger partial charge in [0.15, 0.2) is 0 Å². The molecule has 0 heterocycles. The van der Waals surface area contributed by atoms with Crippen LogP contribution < -0.4 is 14.9 Å². The van der Waals surface area contributed by atoms with Crippen LogP contribution in [0.15, 0.2) is 71.8 Å². The molecular weight excluding hydrogens is 395 g/mol. The van der Waals surface area contributed by atoms with Crippen LogP contribution in [-0.4, -0.2) is 13.3 Å². The number of hydrogen-bond donors (Lipinski definition) is 1. The van der Waals surface area contributed by atoms with E-state index in [1.165, 1.54) is 0 Å². The number of nitrogens with one attached hydrogen (secondary N) is 1. The Morgan fingerprint density at radius 3 is 2.50 bits per heavy atom. The van der Waals surface area contributed by atoms with Gasteiger partial charge in [-0.1, -0.05) is 47.5 Å². The van der Waals surface area contributed by atoms with E-state index in [0.717, 1.165) is 28.2 Å². The molecule has 0 aliphatic rings. The average Bonchev–Trinajstić information content (AvgIpc) is 2.73. The van der Waals surface area contributed by atoms with E-state index in [4.69, 9.17) is 32.7 Å². The zero-order valence-corrected chi connectivity index (χ0v) is 16.9. The molecule has 0 saturated heterocycles. The molecule has 0 spiro atoms. The number of ether oxygens (including phenoxy) is 2. The second-order valence-corrected chi connectivity index (χ2v) is 6.83. The zero-order valence-electron chi connectivity index (χ0n) is 15.4. The van der Waals surface area contributed by atoms with Gasteiger partial charge in [0.2, 0.25) is 0 Å². The van der Waals surface area contributed by atoms with Gasteiger partial charge in [-0.3, -0.25) is 0 Å². The molecule has 0 amide bonds. The van der Waals surface area contributed by atoms with Crippen molar-refractivity contribution in [2.45, 2.75) is 13.2 Å². The largest absolute Gasteiger partial charge is 0.496 e. The summed E-state index contributed by atoms with van der Waals surface area (Å²) in [6, 6.07) is 21.0. The maximum atomic E-state index is 6.02. The quantitative estimate of drug-likeness (QED) is 0.379. The van der Waals surface area contributed by atoms with E-state index >= 15 is 0 Å². The first-order valence-corrected chi connectivity index (χ1v) is 9.46. The molecule has 144 valence electrons. The summed E-state index contributed by atoms with van der Waals surface area (Å²) in [6.07, 6.45) is 1.76. The minimum Gasteiger partial charge on any atom is -0.496 e. The lowest BCUT2D eigenvalue weighted by Gasteiger charge is -2.08. The molecule has 0 bridgehead atoms. The molecule has 0 aromatic heterocycles. The summed E-state index contributed by atoms with van der Waals surface area (Å²) in [7, 11) is 1.66. The maximum Gasteiger partial charge on any atom is 0.123 e. The Morgan fingerprint density at radius 2 is 1.75 bits per heavy atom. The van der Waals surface area contributed by atoms with Crippen molar-refractivity contribution in [1.29, 1.82) is 0 Å². The highest BCUT2D eigenvalue weighted by Crippen LogP contribution is 2.23. The van der Waals surface area contributed by atoms with E-state index in [1.807, 2.05) is 54.6 Å². The summed E-state index contributed by atoms with van der Waals surface area (Å²) in [5.74, 6) is 1.61. The van der Waals surface area contributed by atoms with Crippen LogP contribution in [0.5, 0.6) is 11.5 Å². The lowest BCUT2D eigenvalue weighted by atomic mass is 10.2. The number of hydrogen-bond acceptors (Lipinski definition) is 4. The van der Waals surface area contributed by atoms with E-state index in [1.54, 1.807) is 25.5 Å². The zero-order chi connectivity index (χ0) is 19.8. The molecule has 0 saturated carbocycles. The molecule has 0 fully saturated rings. The number of hydrazone groups is 1. The fraction of sp³-hybridized carbons (Fsp3) is 0.136. The molecule has 3 aromatic carbocycles. The minimum absolute atomic E-state index is 0.421. The molecule has 0 unspecified atom stereocenters. The molecule has 3 aromatic rings. The van der Waals surface area contributed by atoms with E-state index in [0.29, 0.717) is 23.2 Å².